The quantitative estimate of drug-likeness (QED) is 0.829. The van der Waals surface area contributed by atoms with E-state index in [1.54, 1.807) is 5.38 Å². The summed E-state index contributed by atoms with van der Waals surface area (Å²) in [4.78, 5) is 23.8. The highest BCUT2D eigenvalue weighted by Crippen LogP contribution is 2.28. The van der Waals surface area contributed by atoms with Crippen LogP contribution in [0.2, 0.25) is 0 Å². The molecule has 6 nitrogen and oxygen atoms in total. The number of nitrogens with one attached hydrogen (secondary N) is 2. The van der Waals surface area contributed by atoms with Gasteiger partial charge < -0.3 is 20.1 Å². The summed E-state index contributed by atoms with van der Waals surface area (Å²) in [5.41, 5.74) is 1.34. The lowest BCUT2D eigenvalue weighted by Crippen LogP contribution is -2.38. The average Bonchev–Trinajstić information content (AvgIpc) is 3.00. The first-order valence-electron chi connectivity index (χ1n) is 5.93. The van der Waals surface area contributed by atoms with E-state index in [9.17, 15) is 9.59 Å². The van der Waals surface area contributed by atoms with Gasteiger partial charge in [-0.3, -0.25) is 0 Å². The van der Waals surface area contributed by atoms with Gasteiger partial charge in [0.15, 0.2) is 0 Å². The van der Waals surface area contributed by atoms with Crippen LogP contribution in [0.4, 0.5) is 10.5 Å². The molecule has 1 aliphatic heterocycles. The van der Waals surface area contributed by atoms with Gasteiger partial charge in [0.2, 0.25) is 0 Å². The molecular formula is C12H16N2O4S. The third-order valence-electron chi connectivity index (χ3n) is 2.85. The molecule has 1 saturated heterocycles. The number of hydrogen-bond acceptors (Lipinski definition) is 5. The van der Waals surface area contributed by atoms with Crippen molar-refractivity contribution < 1.29 is 19.1 Å². The fourth-order valence-corrected chi connectivity index (χ4v) is 2.75. The molecule has 0 spiro atoms. The van der Waals surface area contributed by atoms with Gasteiger partial charge in [-0.2, -0.15) is 0 Å². The summed E-state index contributed by atoms with van der Waals surface area (Å²) in [5, 5.41) is 7.32. The van der Waals surface area contributed by atoms with Crippen molar-refractivity contribution in [2.45, 2.75) is 19.4 Å². The smallest absolute Gasteiger partial charge is 0.350 e. The van der Waals surface area contributed by atoms with Crippen molar-refractivity contribution in [3.8, 4) is 0 Å². The predicted molar refractivity (Wildman–Crippen MR) is 71.8 cm³/mol. The number of anilines is 1. The van der Waals surface area contributed by atoms with E-state index in [0.717, 1.165) is 12.0 Å². The van der Waals surface area contributed by atoms with Crippen molar-refractivity contribution in [2.24, 2.45) is 0 Å². The maximum Gasteiger partial charge on any atom is 0.350 e. The minimum absolute atomic E-state index is 0.0283. The molecule has 0 bridgehead atoms. The second-order valence-electron chi connectivity index (χ2n) is 4.27. The van der Waals surface area contributed by atoms with Crippen LogP contribution in [0, 0.1) is 6.92 Å². The van der Waals surface area contributed by atoms with Gasteiger partial charge in [0.05, 0.1) is 25.4 Å². The number of hydrogen-bond donors (Lipinski definition) is 2. The van der Waals surface area contributed by atoms with Crippen LogP contribution < -0.4 is 10.6 Å². The molecule has 0 saturated carbocycles. The van der Waals surface area contributed by atoms with E-state index in [1.165, 1.54) is 18.4 Å². The fourth-order valence-electron chi connectivity index (χ4n) is 1.83. The van der Waals surface area contributed by atoms with Crippen molar-refractivity contribution in [3.63, 3.8) is 0 Å². The van der Waals surface area contributed by atoms with Crippen LogP contribution in [0.15, 0.2) is 5.38 Å². The van der Waals surface area contributed by atoms with Gasteiger partial charge in [-0.1, -0.05) is 0 Å². The zero-order chi connectivity index (χ0) is 13.8. The monoisotopic (exact) mass is 284 g/mol. The first kappa shape index (κ1) is 13.8. The number of amides is 2. The highest BCUT2D eigenvalue weighted by atomic mass is 32.1. The average molecular weight is 284 g/mol. The van der Waals surface area contributed by atoms with Crippen LogP contribution >= 0.6 is 11.3 Å². The second-order valence-corrected chi connectivity index (χ2v) is 5.15. The van der Waals surface area contributed by atoms with E-state index in [4.69, 9.17) is 4.74 Å². The summed E-state index contributed by atoms with van der Waals surface area (Å²) in [7, 11) is 1.32. The zero-order valence-corrected chi connectivity index (χ0v) is 11.6. The third kappa shape index (κ3) is 3.24. The summed E-state index contributed by atoms with van der Waals surface area (Å²) in [6.07, 6.45) is 0.805. The van der Waals surface area contributed by atoms with Crippen molar-refractivity contribution in [3.05, 3.63) is 15.8 Å². The van der Waals surface area contributed by atoms with Crippen molar-refractivity contribution in [2.75, 3.05) is 25.6 Å². The Morgan fingerprint density at radius 2 is 2.32 bits per heavy atom. The molecule has 104 valence electrons. The summed E-state index contributed by atoms with van der Waals surface area (Å²) in [6, 6.07) is -0.303. The highest BCUT2D eigenvalue weighted by Gasteiger charge is 2.21. The molecule has 1 aliphatic rings. The van der Waals surface area contributed by atoms with Crippen LogP contribution in [0.3, 0.4) is 0 Å². The molecule has 1 aromatic heterocycles. The summed E-state index contributed by atoms with van der Waals surface area (Å²) >= 11 is 1.25. The number of methoxy groups -OCH3 is 1. The van der Waals surface area contributed by atoms with E-state index in [0.29, 0.717) is 23.8 Å². The van der Waals surface area contributed by atoms with Gasteiger partial charge in [-0.05, 0) is 24.3 Å². The molecule has 2 heterocycles. The topological polar surface area (TPSA) is 76.7 Å². The number of urea groups is 1. The maximum absolute atomic E-state index is 11.9. The number of aryl methyl sites for hydroxylation is 1. The van der Waals surface area contributed by atoms with E-state index >= 15 is 0 Å². The van der Waals surface area contributed by atoms with E-state index in [1.807, 2.05) is 6.92 Å². The van der Waals surface area contributed by atoms with Gasteiger partial charge >= 0.3 is 12.0 Å². The molecule has 1 unspecified atom stereocenters. The van der Waals surface area contributed by atoms with E-state index in [2.05, 4.69) is 15.4 Å². The molecule has 19 heavy (non-hydrogen) atoms. The summed E-state index contributed by atoms with van der Waals surface area (Å²) in [5.74, 6) is -0.447. The van der Waals surface area contributed by atoms with Crippen LogP contribution in [-0.4, -0.2) is 38.4 Å². The van der Waals surface area contributed by atoms with Gasteiger partial charge in [-0.15, -0.1) is 11.3 Å². The number of thiophene rings is 1. The Kier molecular flexibility index (Phi) is 4.39. The number of esters is 1. The molecular weight excluding hydrogens is 268 g/mol. The molecule has 2 rings (SSSR count). The Labute approximate surface area is 115 Å². The summed E-state index contributed by atoms with van der Waals surface area (Å²) in [6.45, 7) is 3.02. The normalized spacial score (nSPS) is 18.1. The van der Waals surface area contributed by atoms with Crippen molar-refractivity contribution >= 4 is 29.0 Å². The molecule has 0 radical (unpaired) electrons. The number of carbonyl (C=O) groups is 2. The highest BCUT2D eigenvalue weighted by molar-refractivity contribution is 7.12. The molecule has 1 aromatic rings. The van der Waals surface area contributed by atoms with Gasteiger partial charge in [-0.25, -0.2) is 9.59 Å². The summed E-state index contributed by atoms with van der Waals surface area (Å²) < 4.78 is 9.87. The molecule has 1 atom stereocenters. The molecule has 0 aromatic carbocycles. The Bertz CT molecular complexity index is 480. The van der Waals surface area contributed by atoms with Crippen molar-refractivity contribution in [1.29, 1.82) is 0 Å². The number of carbonyl (C=O) groups excluding carboxylic acids is 2. The predicted octanol–water partition coefficient (Wildman–Crippen LogP) is 1.75. The number of rotatable bonds is 3. The van der Waals surface area contributed by atoms with Gasteiger partial charge in [0.25, 0.3) is 0 Å². The fraction of sp³-hybridized carbons (Fsp3) is 0.500. The van der Waals surface area contributed by atoms with Crippen LogP contribution in [0.25, 0.3) is 0 Å². The SMILES string of the molecule is COC(=O)c1scc(C)c1NC(=O)NC1CCOC1. The maximum atomic E-state index is 11.9. The Hall–Kier alpha value is -1.60. The van der Waals surface area contributed by atoms with Crippen LogP contribution in [0.1, 0.15) is 21.7 Å². The van der Waals surface area contributed by atoms with Crippen molar-refractivity contribution in [1.82, 2.24) is 5.32 Å². The van der Waals surface area contributed by atoms with Gasteiger partial charge in [0.1, 0.15) is 4.88 Å². The van der Waals surface area contributed by atoms with Crippen LogP contribution in [0.5, 0.6) is 0 Å². The molecule has 2 N–H and O–H groups in total. The van der Waals surface area contributed by atoms with E-state index < -0.39 is 5.97 Å². The lowest BCUT2D eigenvalue weighted by Gasteiger charge is -2.12. The first-order chi connectivity index (χ1) is 9.11. The Balaban J connectivity index is 2.03. The molecule has 7 heteroatoms. The Morgan fingerprint density at radius 1 is 1.53 bits per heavy atom. The molecule has 1 fully saturated rings. The second kappa shape index (κ2) is 6.03. The standard InChI is InChI=1S/C12H16N2O4S/c1-7-6-19-10(11(15)17-2)9(7)14-12(16)13-8-3-4-18-5-8/h6,8H,3-5H2,1-2H3,(H2,13,14,16). The third-order valence-corrected chi connectivity index (χ3v) is 3.93. The zero-order valence-electron chi connectivity index (χ0n) is 10.8. The minimum atomic E-state index is -0.447. The van der Waals surface area contributed by atoms with E-state index in [-0.39, 0.29) is 12.1 Å². The largest absolute Gasteiger partial charge is 0.465 e. The lowest BCUT2D eigenvalue weighted by atomic mass is 10.2. The number of ether oxygens (including phenoxy) is 2. The molecule has 2 amide bonds. The van der Waals surface area contributed by atoms with Gasteiger partial charge in [0, 0.05) is 6.61 Å². The lowest BCUT2D eigenvalue weighted by molar-refractivity contribution is 0.0607. The molecule has 0 aliphatic carbocycles. The Morgan fingerprint density at radius 3 is 2.95 bits per heavy atom. The van der Waals surface area contributed by atoms with Crippen LogP contribution in [-0.2, 0) is 9.47 Å². The minimum Gasteiger partial charge on any atom is -0.465 e. The first-order valence-corrected chi connectivity index (χ1v) is 6.81.